The minimum atomic E-state index is -0.185. The Bertz CT molecular complexity index is 442. The van der Waals surface area contributed by atoms with Gasteiger partial charge in [0.25, 0.3) is 0 Å². The molecule has 0 spiro atoms. The first-order valence-electron chi connectivity index (χ1n) is 7.30. The molecule has 104 valence electrons. The predicted octanol–water partition coefficient (Wildman–Crippen LogP) is 4.57. The van der Waals surface area contributed by atoms with Gasteiger partial charge >= 0.3 is 0 Å². The number of hydrogen-bond donors (Lipinski definition) is 1. The second kappa shape index (κ2) is 5.41. The van der Waals surface area contributed by atoms with Gasteiger partial charge in [0.1, 0.15) is 5.82 Å². The molecule has 2 fully saturated rings. The van der Waals surface area contributed by atoms with Gasteiger partial charge in [-0.2, -0.15) is 0 Å². The van der Waals surface area contributed by atoms with Crippen molar-refractivity contribution in [2.75, 3.05) is 7.05 Å². The van der Waals surface area contributed by atoms with Gasteiger partial charge in [-0.3, -0.25) is 0 Å². The van der Waals surface area contributed by atoms with Crippen molar-refractivity contribution in [3.63, 3.8) is 0 Å². The molecule has 0 heterocycles. The highest BCUT2D eigenvalue weighted by Gasteiger charge is 2.40. The molecule has 0 aromatic heterocycles. The summed E-state index contributed by atoms with van der Waals surface area (Å²) in [5.41, 5.74) is 0.648. The largest absolute Gasteiger partial charge is 0.313 e. The van der Waals surface area contributed by atoms with Crippen molar-refractivity contribution in [1.29, 1.82) is 0 Å². The van der Waals surface area contributed by atoms with Crippen molar-refractivity contribution < 1.29 is 4.39 Å². The molecule has 2 aliphatic carbocycles. The summed E-state index contributed by atoms with van der Waals surface area (Å²) in [6.45, 7) is 0. The van der Waals surface area contributed by atoms with E-state index in [0.717, 1.165) is 24.2 Å². The predicted molar refractivity (Wildman–Crippen MR) is 76.8 cm³/mol. The van der Waals surface area contributed by atoms with Gasteiger partial charge in [-0.05, 0) is 62.6 Å². The zero-order chi connectivity index (χ0) is 13.4. The summed E-state index contributed by atoms with van der Waals surface area (Å²) in [7, 11) is 1.90. The van der Waals surface area contributed by atoms with Crippen molar-refractivity contribution in [2.24, 2.45) is 17.8 Å². The van der Waals surface area contributed by atoms with Crippen LogP contribution in [0.2, 0.25) is 5.02 Å². The number of benzene rings is 1. The Kier molecular flexibility index (Phi) is 3.81. The van der Waals surface area contributed by atoms with E-state index in [9.17, 15) is 4.39 Å². The first kappa shape index (κ1) is 13.4. The van der Waals surface area contributed by atoms with Crippen molar-refractivity contribution in [1.82, 2.24) is 5.32 Å². The Balaban J connectivity index is 1.77. The van der Waals surface area contributed by atoms with Crippen LogP contribution in [0.15, 0.2) is 18.2 Å². The van der Waals surface area contributed by atoms with Crippen molar-refractivity contribution in [2.45, 2.75) is 38.1 Å². The molecule has 2 bridgehead atoms. The summed E-state index contributed by atoms with van der Waals surface area (Å²) in [6.07, 6.45) is 6.52. The molecule has 19 heavy (non-hydrogen) atoms. The summed E-state index contributed by atoms with van der Waals surface area (Å²) in [6, 6.07) is 5.00. The average Bonchev–Trinajstić information content (AvgIpc) is 2.99. The van der Waals surface area contributed by atoms with Gasteiger partial charge in [-0.1, -0.05) is 24.1 Å². The van der Waals surface area contributed by atoms with E-state index in [1.165, 1.54) is 31.7 Å². The van der Waals surface area contributed by atoms with Gasteiger partial charge in [-0.15, -0.1) is 0 Å². The molecule has 0 aliphatic heterocycles. The third-order valence-corrected chi connectivity index (χ3v) is 5.45. The topological polar surface area (TPSA) is 12.0 Å². The van der Waals surface area contributed by atoms with Gasteiger partial charge in [-0.25, -0.2) is 4.39 Å². The number of rotatable bonds is 4. The standard InChI is InChI=1S/C16H21ClFN/c1-19-15(16-13(17)3-2-4-14(16)18)9-12-8-10-5-6-11(12)7-10/h2-4,10-12,15,19H,5-9H2,1H3. The van der Waals surface area contributed by atoms with Gasteiger partial charge in [0.15, 0.2) is 0 Å². The second-order valence-corrected chi connectivity index (χ2v) is 6.55. The Hall–Kier alpha value is -0.600. The third-order valence-electron chi connectivity index (χ3n) is 5.12. The zero-order valence-electron chi connectivity index (χ0n) is 11.3. The molecule has 4 atom stereocenters. The monoisotopic (exact) mass is 281 g/mol. The molecule has 0 radical (unpaired) electrons. The van der Waals surface area contributed by atoms with Crippen LogP contribution in [-0.2, 0) is 0 Å². The van der Waals surface area contributed by atoms with Crippen LogP contribution in [0.3, 0.4) is 0 Å². The molecule has 0 saturated heterocycles. The Morgan fingerprint density at radius 3 is 2.79 bits per heavy atom. The molecule has 1 aromatic carbocycles. The lowest BCUT2D eigenvalue weighted by molar-refractivity contribution is 0.282. The summed E-state index contributed by atoms with van der Waals surface area (Å²) < 4.78 is 14.0. The van der Waals surface area contributed by atoms with Crippen LogP contribution in [0.4, 0.5) is 4.39 Å². The summed E-state index contributed by atoms with van der Waals surface area (Å²) in [5.74, 6) is 2.36. The fourth-order valence-corrected chi connectivity index (χ4v) is 4.49. The van der Waals surface area contributed by atoms with Crippen LogP contribution in [0, 0.1) is 23.6 Å². The lowest BCUT2D eigenvalue weighted by Gasteiger charge is -2.27. The smallest absolute Gasteiger partial charge is 0.129 e. The van der Waals surface area contributed by atoms with Crippen molar-refractivity contribution in [3.05, 3.63) is 34.6 Å². The molecule has 3 rings (SSSR count). The normalized spacial score (nSPS) is 30.8. The van der Waals surface area contributed by atoms with Gasteiger partial charge in [0, 0.05) is 16.6 Å². The first-order valence-corrected chi connectivity index (χ1v) is 7.68. The highest BCUT2D eigenvalue weighted by molar-refractivity contribution is 6.31. The number of nitrogens with one attached hydrogen (secondary N) is 1. The van der Waals surface area contributed by atoms with E-state index in [4.69, 9.17) is 11.6 Å². The maximum absolute atomic E-state index is 14.0. The highest BCUT2D eigenvalue weighted by Crippen LogP contribution is 2.51. The van der Waals surface area contributed by atoms with E-state index >= 15 is 0 Å². The van der Waals surface area contributed by atoms with Crippen molar-refractivity contribution >= 4 is 11.6 Å². The van der Waals surface area contributed by atoms with Crippen LogP contribution >= 0.6 is 11.6 Å². The van der Waals surface area contributed by atoms with Gasteiger partial charge < -0.3 is 5.32 Å². The summed E-state index contributed by atoms with van der Waals surface area (Å²) >= 11 is 6.19. The molecule has 1 nitrogen and oxygen atoms in total. The van der Waals surface area contributed by atoms with Gasteiger partial charge in [0.05, 0.1) is 0 Å². The van der Waals surface area contributed by atoms with Crippen LogP contribution in [-0.4, -0.2) is 7.05 Å². The van der Waals surface area contributed by atoms with E-state index in [1.807, 2.05) is 7.05 Å². The van der Waals surface area contributed by atoms with E-state index in [2.05, 4.69) is 5.32 Å². The van der Waals surface area contributed by atoms with Crippen LogP contribution in [0.25, 0.3) is 0 Å². The number of hydrogen-bond acceptors (Lipinski definition) is 1. The Labute approximate surface area is 119 Å². The molecular formula is C16H21ClFN. The summed E-state index contributed by atoms with van der Waals surface area (Å²) in [5, 5.41) is 3.81. The molecule has 3 heteroatoms. The molecular weight excluding hydrogens is 261 g/mol. The second-order valence-electron chi connectivity index (χ2n) is 6.15. The molecule has 2 saturated carbocycles. The van der Waals surface area contributed by atoms with E-state index < -0.39 is 0 Å². The first-order chi connectivity index (χ1) is 9.19. The number of fused-ring (bicyclic) bond motifs is 2. The van der Waals surface area contributed by atoms with Crippen LogP contribution < -0.4 is 5.32 Å². The molecule has 1 N–H and O–H groups in total. The average molecular weight is 282 g/mol. The van der Waals surface area contributed by atoms with Crippen LogP contribution in [0.1, 0.15) is 43.7 Å². The molecule has 2 aliphatic rings. The Morgan fingerprint density at radius 1 is 1.37 bits per heavy atom. The number of halogens is 2. The lowest BCUT2D eigenvalue weighted by Crippen LogP contribution is -2.23. The minimum absolute atomic E-state index is 0.0399. The van der Waals surface area contributed by atoms with E-state index in [1.54, 1.807) is 12.1 Å². The quantitative estimate of drug-likeness (QED) is 0.853. The fraction of sp³-hybridized carbons (Fsp3) is 0.625. The van der Waals surface area contributed by atoms with Crippen molar-refractivity contribution in [3.8, 4) is 0 Å². The molecule has 0 amide bonds. The maximum Gasteiger partial charge on any atom is 0.129 e. The SMILES string of the molecule is CNC(CC1CC2CCC1C2)c1c(F)cccc1Cl. The Morgan fingerprint density at radius 2 is 2.21 bits per heavy atom. The fourth-order valence-electron chi connectivity index (χ4n) is 4.19. The summed E-state index contributed by atoms with van der Waals surface area (Å²) in [4.78, 5) is 0. The molecule has 1 aromatic rings. The van der Waals surface area contributed by atoms with E-state index in [-0.39, 0.29) is 11.9 Å². The third kappa shape index (κ3) is 2.53. The van der Waals surface area contributed by atoms with Crippen LogP contribution in [0.5, 0.6) is 0 Å². The highest BCUT2D eigenvalue weighted by atomic mass is 35.5. The molecule has 4 unspecified atom stereocenters. The minimum Gasteiger partial charge on any atom is -0.313 e. The maximum atomic E-state index is 14.0. The van der Waals surface area contributed by atoms with E-state index in [0.29, 0.717) is 10.6 Å². The lowest BCUT2D eigenvalue weighted by atomic mass is 9.82. The zero-order valence-corrected chi connectivity index (χ0v) is 12.1. The van der Waals surface area contributed by atoms with Gasteiger partial charge in [0.2, 0.25) is 0 Å².